The van der Waals surface area contributed by atoms with Crippen LogP contribution in [0.2, 0.25) is 5.02 Å². The predicted octanol–water partition coefficient (Wildman–Crippen LogP) is 2.08. The van der Waals surface area contributed by atoms with E-state index < -0.39 is 0 Å². The number of amides is 1. The van der Waals surface area contributed by atoms with Crippen LogP contribution in [0.1, 0.15) is 12.0 Å². The maximum atomic E-state index is 11.0. The molecule has 1 aliphatic heterocycles. The van der Waals surface area contributed by atoms with Gasteiger partial charge in [-0.2, -0.15) is 0 Å². The van der Waals surface area contributed by atoms with Crippen LogP contribution in [0.25, 0.3) is 0 Å². The van der Waals surface area contributed by atoms with E-state index in [0.29, 0.717) is 19.5 Å². The third-order valence-electron chi connectivity index (χ3n) is 2.57. The molecular formula is C11H12BrClN2O. The average molecular weight is 304 g/mol. The van der Waals surface area contributed by atoms with Gasteiger partial charge in [0.2, 0.25) is 5.91 Å². The van der Waals surface area contributed by atoms with Gasteiger partial charge >= 0.3 is 0 Å². The van der Waals surface area contributed by atoms with Gasteiger partial charge in [-0.15, -0.1) is 0 Å². The summed E-state index contributed by atoms with van der Waals surface area (Å²) in [7, 11) is 0. The van der Waals surface area contributed by atoms with Crippen LogP contribution in [0.5, 0.6) is 0 Å². The molecule has 0 aliphatic carbocycles. The fourth-order valence-corrected chi connectivity index (χ4v) is 2.28. The molecule has 1 heterocycles. The second kappa shape index (κ2) is 5.17. The molecule has 0 aromatic heterocycles. The largest absolute Gasteiger partial charge is 0.354 e. The van der Waals surface area contributed by atoms with Crippen molar-refractivity contribution in [1.29, 1.82) is 0 Å². The molecular weight excluding hydrogens is 291 g/mol. The molecule has 1 aromatic carbocycles. The Bertz CT molecular complexity index is 411. The molecule has 2 rings (SSSR count). The molecule has 1 fully saturated rings. The van der Waals surface area contributed by atoms with Crippen LogP contribution in [-0.4, -0.2) is 18.5 Å². The molecule has 2 N–H and O–H groups in total. The van der Waals surface area contributed by atoms with Gasteiger partial charge in [0.15, 0.2) is 0 Å². The summed E-state index contributed by atoms with van der Waals surface area (Å²) >= 11 is 9.47. The van der Waals surface area contributed by atoms with Crippen molar-refractivity contribution >= 4 is 33.4 Å². The van der Waals surface area contributed by atoms with Gasteiger partial charge in [-0.3, -0.25) is 4.79 Å². The fourth-order valence-electron chi connectivity index (χ4n) is 1.68. The summed E-state index contributed by atoms with van der Waals surface area (Å²) in [6.07, 6.45) is 0.547. The van der Waals surface area contributed by atoms with E-state index in [-0.39, 0.29) is 11.9 Å². The molecule has 0 spiro atoms. The standard InChI is InChI=1S/C11H12BrClN2O/c12-8-1-2-10(13)7(3-8)5-14-9-4-11(16)15-6-9/h1-3,9,14H,4-6H2,(H,15,16). The first-order valence-electron chi connectivity index (χ1n) is 5.09. The Morgan fingerprint density at radius 3 is 3.06 bits per heavy atom. The van der Waals surface area contributed by atoms with Gasteiger partial charge in [0.05, 0.1) is 0 Å². The van der Waals surface area contributed by atoms with Crippen LogP contribution in [-0.2, 0) is 11.3 Å². The molecule has 0 radical (unpaired) electrons. The first-order valence-corrected chi connectivity index (χ1v) is 6.26. The Kier molecular flexibility index (Phi) is 3.84. The van der Waals surface area contributed by atoms with Gasteiger partial charge in [0.1, 0.15) is 0 Å². The lowest BCUT2D eigenvalue weighted by molar-refractivity contribution is -0.119. The molecule has 1 atom stereocenters. The summed E-state index contributed by atoms with van der Waals surface area (Å²) in [5.74, 6) is 0.109. The van der Waals surface area contributed by atoms with Crippen LogP contribution in [0, 0.1) is 0 Å². The smallest absolute Gasteiger partial charge is 0.221 e. The van der Waals surface area contributed by atoms with E-state index in [1.165, 1.54) is 0 Å². The Hall–Kier alpha value is -0.580. The molecule has 16 heavy (non-hydrogen) atoms. The Morgan fingerprint density at radius 1 is 1.56 bits per heavy atom. The lowest BCUT2D eigenvalue weighted by atomic mass is 10.2. The van der Waals surface area contributed by atoms with Crippen molar-refractivity contribution in [2.75, 3.05) is 6.54 Å². The number of rotatable bonds is 3. The highest BCUT2D eigenvalue weighted by Gasteiger charge is 2.20. The fraction of sp³-hybridized carbons (Fsp3) is 0.364. The molecule has 1 aliphatic rings. The lowest BCUT2D eigenvalue weighted by Gasteiger charge is -2.11. The van der Waals surface area contributed by atoms with E-state index in [0.717, 1.165) is 15.1 Å². The number of benzene rings is 1. The molecule has 0 bridgehead atoms. The maximum Gasteiger partial charge on any atom is 0.221 e. The SMILES string of the molecule is O=C1CC(NCc2cc(Br)ccc2Cl)CN1. The van der Waals surface area contributed by atoms with Crippen LogP contribution in [0.4, 0.5) is 0 Å². The average Bonchev–Trinajstić information content (AvgIpc) is 2.66. The molecule has 3 nitrogen and oxygen atoms in total. The number of nitrogens with one attached hydrogen (secondary N) is 2. The van der Waals surface area contributed by atoms with E-state index >= 15 is 0 Å². The third-order valence-corrected chi connectivity index (χ3v) is 3.43. The van der Waals surface area contributed by atoms with Gasteiger partial charge in [-0.25, -0.2) is 0 Å². The number of hydrogen-bond acceptors (Lipinski definition) is 2. The Labute approximate surface area is 108 Å². The van der Waals surface area contributed by atoms with E-state index in [2.05, 4.69) is 26.6 Å². The van der Waals surface area contributed by atoms with Crippen LogP contribution < -0.4 is 10.6 Å². The zero-order chi connectivity index (χ0) is 11.5. The Balaban J connectivity index is 1.94. The first-order chi connectivity index (χ1) is 7.65. The second-order valence-electron chi connectivity index (χ2n) is 3.82. The molecule has 1 aromatic rings. The number of halogens is 2. The lowest BCUT2D eigenvalue weighted by Crippen LogP contribution is -2.30. The zero-order valence-electron chi connectivity index (χ0n) is 8.59. The molecule has 86 valence electrons. The highest BCUT2D eigenvalue weighted by Crippen LogP contribution is 2.21. The van der Waals surface area contributed by atoms with E-state index in [9.17, 15) is 4.79 Å². The van der Waals surface area contributed by atoms with Gasteiger partial charge in [0.25, 0.3) is 0 Å². The quantitative estimate of drug-likeness (QED) is 0.897. The van der Waals surface area contributed by atoms with E-state index in [1.807, 2.05) is 18.2 Å². The van der Waals surface area contributed by atoms with E-state index in [4.69, 9.17) is 11.6 Å². The summed E-state index contributed by atoms with van der Waals surface area (Å²) in [5.41, 5.74) is 1.04. The normalized spacial score (nSPS) is 19.9. The maximum absolute atomic E-state index is 11.0. The third kappa shape index (κ3) is 2.97. The molecule has 5 heteroatoms. The molecule has 1 amide bonds. The number of carbonyl (C=O) groups excluding carboxylic acids is 1. The summed E-state index contributed by atoms with van der Waals surface area (Å²) < 4.78 is 1.01. The minimum absolute atomic E-state index is 0.109. The van der Waals surface area contributed by atoms with Crippen molar-refractivity contribution in [1.82, 2.24) is 10.6 Å². The zero-order valence-corrected chi connectivity index (χ0v) is 10.9. The van der Waals surface area contributed by atoms with Gasteiger partial charge < -0.3 is 10.6 Å². The van der Waals surface area contributed by atoms with Crippen molar-refractivity contribution in [3.05, 3.63) is 33.3 Å². The van der Waals surface area contributed by atoms with Crippen LogP contribution in [0.15, 0.2) is 22.7 Å². The minimum Gasteiger partial charge on any atom is -0.354 e. The van der Waals surface area contributed by atoms with Crippen molar-refractivity contribution < 1.29 is 4.79 Å². The number of carbonyl (C=O) groups is 1. The second-order valence-corrected chi connectivity index (χ2v) is 5.14. The Morgan fingerprint density at radius 2 is 2.38 bits per heavy atom. The minimum atomic E-state index is 0.109. The molecule has 1 unspecified atom stereocenters. The van der Waals surface area contributed by atoms with Gasteiger partial charge in [0, 0.05) is 35.0 Å². The molecule has 0 saturated carbocycles. The van der Waals surface area contributed by atoms with Crippen LogP contribution in [0.3, 0.4) is 0 Å². The summed E-state index contributed by atoms with van der Waals surface area (Å²) in [6, 6.07) is 5.97. The predicted molar refractivity (Wildman–Crippen MR) is 67.4 cm³/mol. The highest BCUT2D eigenvalue weighted by atomic mass is 79.9. The van der Waals surface area contributed by atoms with Gasteiger partial charge in [-0.1, -0.05) is 27.5 Å². The monoisotopic (exact) mass is 302 g/mol. The van der Waals surface area contributed by atoms with Crippen molar-refractivity contribution in [2.45, 2.75) is 19.0 Å². The summed E-state index contributed by atoms with van der Waals surface area (Å²) in [6.45, 7) is 1.38. The van der Waals surface area contributed by atoms with Crippen LogP contribution >= 0.6 is 27.5 Å². The first kappa shape index (κ1) is 11.9. The van der Waals surface area contributed by atoms with Gasteiger partial charge in [-0.05, 0) is 23.8 Å². The van der Waals surface area contributed by atoms with E-state index in [1.54, 1.807) is 0 Å². The summed E-state index contributed by atoms with van der Waals surface area (Å²) in [4.78, 5) is 11.0. The van der Waals surface area contributed by atoms with Crippen molar-refractivity contribution in [2.24, 2.45) is 0 Å². The summed E-state index contributed by atoms with van der Waals surface area (Å²) in [5, 5.41) is 6.84. The van der Waals surface area contributed by atoms with Crippen molar-refractivity contribution in [3.63, 3.8) is 0 Å². The molecule has 1 saturated heterocycles. The van der Waals surface area contributed by atoms with Crippen molar-refractivity contribution in [3.8, 4) is 0 Å². The highest BCUT2D eigenvalue weighted by molar-refractivity contribution is 9.10. The number of hydrogen-bond donors (Lipinski definition) is 2. The topological polar surface area (TPSA) is 41.1 Å².